The summed E-state index contributed by atoms with van der Waals surface area (Å²) in [5.41, 5.74) is 7.31. The highest BCUT2D eigenvalue weighted by atomic mass is 16.7. The molecule has 2 aliphatic rings. The fourth-order valence-corrected chi connectivity index (χ4v) is 12.7. The standard InChI is InChI=1S/C72H107N11O16/c1-15-45(8)61(55(96-13)40-57(85)82-38-25-31-54(82)63(97-14)46(9)64(87)75-47(10)62(86)49-26-18-16-19-27-49)80(11)70(93)59(43(4)5)79-67(90)60(44(6)7)81(12)72(95)98-41-48-33-35-50(36-34-48)76-65(88)53(30-24-37-74-71(73)94)77-66(89)58(42(2)3)78-56(84)32-20-17-23-39-99-83-68(91)51-28-21-22-29-52(51)69(83)92/h16,18-19,21-22,26-29,33-36,42-47,53-55,58-63,86H,15,17,20,23-25,30-32,37-41H2,1-14H3,(H,75,87)(H,76,88)(H,77,89)(H,78,84)(H,79,90)(H3,73,74,94)/t45-,46+,47+,53-,54-,55+,58-,59-,60-,61-,62+,63?/m0/s1. The Kier molecular flexibility index (Phi) is 32.2. The molecular weight excluding hydrogens is 1270 g/mol. The second-order valence-corrected chi connectivity index (χ2v) is 26.9. The number of aliphatic hydroxyl groups excluding tert-OH is 1. The first-order valence-electron chi connectivity index (χ1n) is 34.5. The number of carbonyl (C=O) groups is 11. The Morgan fingerprint density at radius 1 is 0.687 bits per heavy atom. The maximum atomic E-state index is 14.8. The number of primary amides is 1. The number of likely N-dealkylation sites (N-methyl/N-ethyl adjacent to an activating group) is 2. The van der Waals surface area contributed by atoms with Crippen molar-refractivity contribution in [2.45, 2.75) is 201 Å². The van der Waals surface area contributed by atoms with Gasteiger partial charge in [-0.25, -0.2) is 9.59 Å². The van der Waals surface area contributed by atoms with E-state index in [-0.39, 0.29) is 80.2 Å². The lowest BCUT2D eigenvalue weighted by Crippen LogP contribution is -2.60. The number of imide groups is 1. The van der Waals surface area contributed by atoms with Crippen molar-refractivity contribution in [3.63, 3.8) is 0 Å². The first-order valence-corrected chi connectivity index (χ1v) is 34.5. The van der Waals surface area contributed by atoms with Crippen LogP contribution in [0.2, 0.25) is 0 Å². The lowest BCUT2D eigenvalue weighted by molar-refractivity contribution is -0.148. The summed E-state index contributed by atoms with van der Waals surface area (Å²) < 4.78 is 17.8. The van der Waals surface area contributed by atoms with E-state index >= 15 is 0 Å². The predicted molar refractivity (Wildman–Crippen MR) is 370 cm³/mol. The van der Waals surface area contributed by atoms with Crippen molar-refractivity contribution in [3.8, 4) is 0 Å². The Morgan fingerprint density at radius 2 is 1.31 bits per heavy atom. The zero-order valence-corrected chi connectivity index (χ0v) is 60.0. The van der Waals surface area contributed by atoms with Gasteiger partial charge in [-0.1, -0.05) is 130 Å². The number of urea groups is 1. The Bertz CT molecular complexity index is 3170. The van der Waals surface area contributed by atoms with Crippen molar-refractivity contribution in [2.75, 3.05) is 53.3 Å². The number of hydroxylamine groups is 2. The van der Waals surface area contributed by atoms with Crippen molar-refractivity contribution in [1.29, 1.82) is 0 Å². The average molecular weight is 1380 g/mol. The summed E-state index contributed by atoms with van der Waals surface area (Å²) in [5.74, 6) is -6.41. The summed E-state index contributed by atoms with van der Waals surface area (Å²) in [6.45, 7) is 18.4. The number of likely N-dealkylation sites (tertiary alicyclic amines) is 1. The van der Waals surface area contributed by atoms with E-state index in [2.05, 4.69) is 31.9 Å². The maximum absolute atomic E-state index is 14.8. The highest BCUT2D eigenvalue weighted by molar-refractivity contribution is 6.20. The molecule has 1 saturated heterocycles. The van der Waals surface area contributed by atoms with Crippen LogP contribution < -0.4 is 37.6 Å². The van der Waals surface area contributed by atoms with Crippen molar-refractivity contribution in [2.24, 2.45) is 35.3 Å². The molecular formula is C72H107N11O16. The Morgan fingerprint density at radius 3 is 1.89 bits per heavy atom. The molecule has 27 heteroatoms. The van der Waals surface area contributed by atoms with Crippen LogP contribution in [-0.4, -0.2) is 193 Å². The van der Waals surface area contributed by atoms with Gasteiger partial charge in [0.1, 0.15) is 30.8 Å². The summed E-state index contributed by atoms with van der Waals surface area (Å²) in [4.78, 5) is 159. The molecule has 3 aromatic carbocycles. The van der Waals surface area contributed by atoms with Crippen LogP contribution in [0.25, 0.3) is 0 Å². The predicted octanol–water partition coefficient (Wildman–Crippen LogP) is 6.38. The van der Waals surface area contributed by atoms with E-state index in [9.17, 15) is 57.8 Å². The van der Waals surface area contributed by atoms with Gasteiger partial charge < -0.3 is 66.8 Å². The van der Waals surface area contributed by atoms with Crippen LogP contribution in [0.3, 0.4) is 0 Å². The molecule has 2 aliphatic heterocycles. The highest BCUT2D eigenvalue weighted by Gasteiger charge is 2.44. The number of aliphatic hydroxyl groups is 1. The van der Waals surface area contributed by atoms with Crippen LogP contribution in [0.15, 0.2) is 78.9 Å². The second-order valence-electron chi connectivity index (χ2n) is 26.9. The van der Waals surface area contributed by atoms with Crippen LogP contribution in [0.4, 0.5) is 15.3 Å². The van der Waals surface area contributed by atoms with Crippen LogP contribution in [0.1, 0.15) is 171 Å². The summed E-state index contributed by atoms with van der Waals surface area (Å²) >= 11 is 0. The van der Waals surface area contributed by atoms with E-state index < -0.39 is 132 Å². The topological polar surface area (TPSA) is 356 Å². The molecule has 12 atom stereocenters. The fraction of sp³-hybridized carbons (Fsp3) is 0.597. The molecule has 9 N–H and O–H groups in total. The number of hydrogen-bond donors (Lipinski definition) is 8. The van der Waals surface area contributed by atoms with Gasteiger partial charge in [0.2, 0.25) is 41.4 Å². The number of amides is 12. The van der Waals surface area contributed by atoms with Gasteiger partial charge in [0.15, 0.2) is 0 Å². The minimum atomic E-state index is -1.13. The molecule has 0 bridgehead atoms. The number of fused-ring (bicyclic) bond motifs is 1. The number of unbranched alkanes of at least 4 members (excludes halogenated alkanes) is 2. The van der Waals surface area contributed by atoms with E-state index in [4.69, 9.17) is 24.8 Å². The molecule has 12 amide bonds. The van der Waals surface area contributed by atoms with Crippen LogP contribution in [0.5, 0.6) is 0 Å². The molecule has 0 spiro atoms. The lowest BCUT2D eigenvalue weighted by Gasteiger charge is -2.41. The van der Waals surface area contributed by atoms with Crippen LogP contribution in [-0.2, 0) is 59.2 Å². The number of nitrogens with one attached hydrogen (secondary N) is 6. The largest absolute Gasteiger partial charge is 0.445 e. The van der Waals surface area contributed by atoms with Crippen molar-refractivity contribution in [3.05, 3.63) is 101 Å². The smallest absolute Gasteiger partial charge is 0.410 e. The molecule has 5 rings (SSSR count). The van der Waals surface area contributed by atoms with Gasteiger partial charge in [-0.2, -0.15) is 0 Å². The minimum Gasteiger partial charge on any atom is -0.445 e. The molecule has 0 aromatic heterocycles. The summed E-state index contributed by atoms with van der Waals surface area (Å²) in [7, 11) is 6.08. The quantitative estimate of drug-likeness (QED) is 0.0227. The van der Waals surface area contributed by atoms with E-state index in [0.717, 1.165) is 5.06 Å². The SMILES string of the molecule is CC[C@H](C)[C@@H]([C@@H](CC(=O)N1CCC[C@H]1C(OC)[C@@H](C)C(=O)N[C@H](C)[C@@H](O)c1ccccc1)OC)N(C)C(=O)[C@@H](NC(=O)[C@H](C(C)C)N(C)C(=O)OCc1ccc(NC(=O)[C@H](CCCNC(N)=O)NC(=O)[C@@H](NC(=O)CCCCCON2C(=O)c3ccccc3C2=O)C(C)C)cc1)C(C)C. The lowest BCUT2D eigenvalue weighted by atomic mass is 9.89. The van der Waals surface area contributed by atoms with Crippen LogP contribution in [0, 0.1) is 29.6 Å². The summed E-state index contributed by atoms with van der Waals surface area (Å²) in [5, 5.41) is 28.4. The molecule has 0 radical (unpaired) electrons. The van der Waals surface area contributed by atoms with E-state index in [1.54, 1.807) is 133 Å². The number of methoxy groups -OCH3 is 2. The molecule has 99 heavy (non-hydrogen) atoms. The number of ether oxygens (including phenoxy) is 3. The number of anilines is 1. The Balaban J connectivity index is 1.15. The molecule has 27 nitrogen and oxygen atoms in total. The van der Waals surface area contributed by atoms with Gasteiger partial charge in [-0.15, -0.1) is 5.06 Å². The number of benzene rings is 3. The second kappa shape index (κ2) is 39.3. The van der Waals surface area contributed by atoms with Gasteiger partial charge in [0.05, 0.1) is 66.5 Å². The molecule has 2 heterocycles. The third-order valence-electron chi connectivity index (χ3n) is 18.6. The number of hydrogen-bond acceptors (Lipinski definition) is 16. The Hall–Kier alpha value is -8.53. The zero-order valence-electron chi connectivity index (χ0n) is 60.0. The van der Waals surface area contributed by atoms with Crippen molar-refractivity contribution >= 4 is 71.0 Å². The molecule has 0 aliphatic carbocycles. The zero-order chi connectivity index (χ0) is 73.4. The van der Waals surface area contributed by atoms with Gasteiger partial charge in [-0.3, -0.25) is 52.9 Å². The summed E-state index contributed by atoms with van der Waals surface area (Å²) in [6.07, 6.45) is 0.333. The normalized spacial score (nSPS) is 17.0. The van der Waals surface area contributed by atoms with E-state index in [1.807, 2.05) is 32.0 Å². The number of nitrogens with zero attached hydrogens (tertiary/aromatic N) is 4. The van der Waals surface area contributed by atoms with Gasteiger partial charge >= 0.3 is 12.1 Å². The number of carbonyl (C=O) groups excluding carboxylic acids is 11. The number of nitrogens with two attached hydrogens (primary N) is 1. The van der Waals surface area contributed by atoms with E-state index in [0.29, 0.717) is 61.9 Å². The minimum absolute atomic E-state index is 0.0649. The van der Waals surface area contributed by atoms with Gasteiger partial charge in [0.25, 0.3) is 11.8 Å². The average Bonchev–Trinajstić information content (AvgIpc) is 1.71. The first kappa shape index (κ1) is 81.1. The third-order valence-corrected chi connectivity index (χ3v) is 18.6. The van der Waals surface area contributed by atoms with Crippen molar-refractivity contribution in [1.82, 2.24) is 46.3 Å². The fourth-order valence-electron chi connectivity index (χ4n) is 12.7. The summed E-state index contributed by atoms with van der Waals surface area (Å²) in [6, 6.07) is 15.1. The third kappa shape index (κ3) is 22.7. The van der Waals surface area contributed by atoms with E-state index in [1.165, 1.54) is 26.2 Å². The molecule has 0 saturated carbocycles. The monoisotopic (exact) mass is 1380 g/mol. The van der Waals surface area contributed by atoms with Gasteiger partial charge in [0, 0.05) is 53.5 Å². The van der Waals surface area contributed by atoms with Gasteiger partial charge in [-0.05, 0) is 105 Å². The number of rotatable bonds is 39. The molecule has 1 fully saturated rings. The van der Waals surface area contributed by atoms with Crippen LogP contribution >= 0.6 is 0 Å². The Labute approximate surface area is 582 Å². The first-order chi connectivity index (χ1) is 47.0. The molecule has 546 valence electrons. The van der Waals surface area contributed by atoms with Crippen molar-refractivity contribution < 1.29 is 76.9 Å². The maximum Gasteiger partial charge on any atom is 0.410 e. The molecule has 1 unspecified atom stereocenters. The molecule has 3 aromatic rings. The highest BCUT2D eigenvalue weighted by Crippen LogP contribution is 2.31.